The van der Waals surface area contributed by atoms with Gasteiger partial charge in [0.25, 0.3) is 0 Å². The number of aromatic nitrogens is 1. The van der Waals surface area contributed by atoms with Crippen molar-refractivity contribution in [1.29, 1.82) is 0 Å². The predicted molar refractivity (Wildman–Crippen MR) is 69.5 cm³/mol. The number of aryl methyl sites for hydroxylation is 1. The first kappa shape index (κ1) is 13.5. The molecule has 0 unspecified atom stereocenters. The van der Waals surface area contributed by atoms with Crippen molar-refractivity contribution >= 4 is 11.9 Å². The Bertz CT molecular complexity index is 443. The molecule has 102 valence electrons. The fraction of sp³-hybridized carbons (Fsp3) is 0.500. The molecule has 1 heterocycles. The predicted octanol–water partition coefficient (Wildman–Crippen LogP) is 1.38. The maximum absolute atomic E-state index is 11.7. The smallest absolute Gasteiger partial charge is 0.326 e. The van der Waals surface area contributed by atoms with Crippen molar-refractivity contribution in [2.24, 2.45) is 5.92 Å². The zero-order chi connectivity index (χ0) is 13.7. The van der Waals surface area contributed by atoms with Crippen LogP contribution in [0.15, 0.2) is 24.5 Å². The summed E-state index contributed by atoms with van der Waals surface area (Å²) in [4.78, 5) is 26.8. The number of carboxylic acid groups (broad SMARTS) is 1. The zero-order valence-corrected chi connectivity index (χ0v) is 10.7. The van der Waals surface area contributed by atoms with E-state index in [2.05, 4.69) is 10.3 Å². The van der Waals surface area contributed by atoms with Crippen molar-refractivity contribution in [1.82, 2.24) is 10.3 Å². The summed E-state index contributed by atoms with van der Waals surface area (Å²) in [5.41, 5.74) is 0.978. The first-order chi connectivity index (χ1) is 9.15. The molecule has 1 aromatic heterocycles. The fourth-order valence-electron chi connectivity index (χ4n) is 1.98. The summed E-state index contributed by atoms with van der Waals surface area (Å²) >= 11 is 0. The van der Waals surface area contributed by atoms with Crippen molar-refractivity contribution in [3.8, 4) is 0 Å². The molecule has 0 spiro atoms. The van der Waals surface area contributed by atoms with E-state index in [1.165, 1.54) is 0 Å². The molecule has 1 aromatic rings. The number of amides is 1. The van der Waals surface area contributed by atoms with Gasteiger partial charge >= 0.3 is 5.97 Å². The first-order valence-corrected chi connectivity index (χ1v) is 6.56. The summed E-state index contributed by atoms with van der Waals surface area (Å²) < 4.78 is 0. The minimum atomic E-state index is -0.943. The van der Waals surface area contributed by atoms with Gasteiger partial charge in [-0.05, 0) is 30.4 Å². The van der Waals surface area contributed by atoms with Crippen molar-refractivity contribution in [3.63, 3.8) is 0 Å². The molecule has 5 heteroatoms. The lowest BCUT2D eigenvalue weighted by atomic mass is 10.1. The van der Waals surface area contributed by atoms with Crippen molar-refractivity contribution < 1.29 is 14.7 Å². The van der Waals surface area contributed by atoms with E-state index in [1.807, 2.05) is 12.1 Å². The van der Waals surface area contributed by atoms with Crippen LogP contribution in [0.3, 0.4) is 0 Å². The van der Waals surface area contributed by atoms with Gasteiger partial charge < -0.3 is 10.4 Å². The Hall–Kier alpha value is -1.91. The highest BCUT2D eigenvalue weighted by molar-refractivity contribution is 5.83. The van der Waals surface area contributed by atoms with Crippen molar-refractivity contribution in [2.45, 2.75) is 38.1 Å². The number of carbonyl (C=O) groups excluding carboxylic acids is 1. The number of hydrogen-bond donors (Lipinski definition) is 2. The van der Waals surface area contributed by atoms with Gasteiger partial charge in [0.05, 0.1) is 0 Å². The molecule has 0 radical (unpaired) electrons. The van der Waals surface area contributed by atoms with Crippen LogP contribution in [-0.4, -0.2) is 28.0 Å². The minimum absolute atomic E-state index is 0.211. The Balaban J connectivity index is 1.77. The number of carboxylic acids is 1. The topological polar surface area (TPSA) is 79.3 Å². The summed E-state index contributed by atoms with van der Waals surface area (Å²) in [6.07, 6.45) is 6.97. The lowest BCUT2D eigenvalue weighted by Crippen LogP contribution is -2.41. The molecule has 2 rings (SSSR count). The van der Waals surface area contributed by atoms with Crippen LogP contribution in [0.1, 0.15) is 31.2 Å². The van der Waals surface area contributed by atoms with Gasteiger partial charge in [-0.15, -0.1) is 0 Å². The molecule has 1 amide bonds. The van der Waals surface area contributed by atoms with Crippen LogP contribution in [-0.2, 0) is 16.0 Å². The van der Waals surface area contributed by atoms with E-state index in [1.54, 1.807) is 12.4 Å². The summed E-state index contributed by atoms with van der Waals surface area (Å²) in [6, 6.07) is 2.98. The minimum Gasteiger partial charge on any atom is -0.480 e. The Kier molecular flexibility index (Phi) is 4.49. The van der Waals surface area contributed by atoms with Gasteiger partial charge in [0.2, 0.25) is 5.91 Å². The number of nitrogens with zero attached hydrogens (tertiary/aromatic N) is 1. The molecule has 1 aliphatic rings. The molecule has 2 N–H and O–H groups in total. The number of rotatable bonds is 7. The van der Waals surface area contributed by atoms with E-state index >= 15 is 0 Å². The first-order valence-electron chi connectivity index (χ1n) is 6.56. The summed E-state index contributed by atoms with van der Waals surface area (Å²) in [6.45, 7) is 0. The third-order valence-corrected chi connectivity index (χ3v) is 3.26. The summed E-state index contributed by atoms with van der Waals surface area (Å²) in [5, 5.41) is 11.7. The Morgan fingerprint density at radius 3 is 2.84 bits per heavy atom. The van der Waals surface area contributed by atoms with Crippen LogP contribution in [0.25, 0.3) is 0 Å². The van der Waals surface area contributed by atoms with Gasteiger partial charge in [0.15, 0.2) is 0 Å². The van der Waals surface area contributed by atoms with Crippen molar-refractivity contribution in [3.05, 3.63) is 30.1 Å². The highest BCUT2D eigenvalue weighted by atomic mass is 16.4. The van der Waals surface area contributed by atoms with E-state index in [-0.39, 0.29) is 5.91 Å². The highest BCUT2D eigenvalue weighted by Crippen LogP contribution is 2.33. The molecule has 5 nitrogen and oxygen atoms in total. The van der Waals surface area contributed by atoms with Crippen LogP contribution in [0.4, 0.5) is 0 Å². The van der Waals surface area contributed by atoms with E-state index in [0.717, 1.165) is 18.4 Å². The Labute approximate surface area is 112 Å². The molecule has 0 bridgehead atoms. The van der Waals surface area contributed by atoms with E-state index < -0.39 is 12.0 Å². The summed E-state index contributed by atoms with van der Waals surface area (Å²) in [5.74, 6) is -0.682. The molecular formula is C14H18N2O3. The number of pyridine rings is 1. The average Bonchev–Trinajstić information content (AvgIpc) is 3.21. The lowest BCUT2D eigenvalue weighted by molar-refractivity contribution is -0.142. The second kappa shape index (κ2) is 6.31. The molecule has 19 heavy (non-hydrogen) atoms. The zero-order valence-electron chi connectivity index (χ0n) is 10.7. The second-order valence-corrected chi connectivity index (χ2v) is 5.00. The van der Waals surface area contributed by atoms with Gasteiger partial charge in [0, 0.05) is 18.8 Å². The molecule has 1 saturated carbocycles. The van der Waals surface area contributed by atoms with Crippen LogP contribution in [0.2, 0.25) is 0 Å². The number of aliphatic carboxylic acids is 1. The van der Waals surface area contributed by atoms with E-state index in [0.29, 0.717) is 25.2 Å². The van der Waals surface area contributed by atoms with Gasteiger partial charge in [-0.1, -0.05) is 18.9 Å². The van der Waals surface area contributed by atoms with E-state index in [4.69, 9.17) is 5.11 Å². The largest absolute Gasteiger partial charge is 0.480 e. The average molecular weight is 262 g/mol. The third kappa shape index (κ3) is 4.69. The lowest BCUT2D eigenvalue weighted by Gasteiger charge is -2.13. The van der Waals surface area contributed by atoms with Gasteiger partial charge in [-0.25, -0.2) is 4.79 Å². The molecule has 0 saturated heterocycles. The monoisotopic (exact) mass is 262 g/mol. The van der Waals surface area contributed by atoms with Crippen molar-refractivity contribution in [2.75, 3.05) is 0 Å². The van der Waals surface area contributed by atoms with Crippen LogP contribution in [0, 0.1) is 5.92 Å². The molecule has 1 fully saturated rings. The maximum atomic E-state index is 11.7. The van der Waals surface area contributed by atoms with Crippen LogP contribution >= 0.6 is 0 Å². The molecule has 0 aliphatic heterocycles. The summed E-state index contributed by atoms with van der Waals surface area (Å²) in [7, 11) is 0. The van der Waals surface area contributed by atoms with Crippen LogP contribution < -0.4 is 5.32 Å². The number of nitrogens with one attached hydrogen (secondary N) is 1. The Morgan fingerprint density at radius 2 is 2.26 bits per heavy atom. The standard InChI is InChI=1S/C14H18N2O3/c17-13(6-5-11-2-1-7-15-9-11)16-12(14(18)19)8-10-3-4-10/h1-2,7,9-10,12H,3-6,8H2,(H,16,17)(H,18,19)/t12-/m0/s1. The highest BCUT2D eigenvalue weighted by Gasteiger charge is 2.29. The third-order valence-electron chi connectivity index (χ3n) is 3.26. The SMILES string of the molecule is O=C(CCc1cccnc1)N[C@@H](CC1CC1)C(=O)O. The molecule has 1 atom stereocenters. The number of hydrogen-bond acceptors (Lipinski definition) is 3. The fourth-order valence-corrected chi connectivity index (χ4v) is 1.98. The van der Waals surface area contributed by atoms with E-state index in [9.17, 15) is 9.59 Å². The molecular weight excluding hydrogens is 244 g/mol. The quantitative estimate of drug-likeness (QED) is 0.778. The second-order valence-electron chi connectivity index (χ2n) is 5.00. The van der Waals surface area contributed by atoms with Gasteiger partial charge in [-0.3, -0.25) is 9.78 Å². The molecule has 1 aliphatic carbocycles. The number of carbonyl (C=O) groups is 2. The molecule has 0 aromatic carbocycles. The van der Waals surface area contributed by atoms with Crippen LogP contribution in [0.5, 0.6) is 0 Å². The normalized spacial score (nSPS) is 15.8. The maximum Gasteiger partial charge on any atom is 0.326 e. The Morgan fingerprint density at radius 1 is 1.47 bits per heavy atom. The van der Waals surface area contributed by atoms with Gasteiger partial charge in [0.1, 0.15) is 6.04 Å². The van der Waals surface area contributed by atoms with Gasteiger partial charge in [-0.2, -0.15) is 0 Å².